The van der Waals surface area contributed by atoms with Crippen LogP contribution in [-0.2, 0) is 6.54 Å². The monoisotopic (exact) mass is 275 g/mol. The highest BCUT2D eigenvalue weighted by atomic mass is 16.5. The van der Waals surface area contributed by atoms with Crippen molar-refractivity contribution in [3.8, 4) is 11.5 Å². The molecule has 0 bridgehead atoms. The summed E-state index contributed by atoms with van der Waals surface area (Å²) in [4.78, 5) is 0. The van der Waals surface area contributed by atoms with Gasteiger partial charge in [-0.3, -0.25) is 4.68 Å². The van der Waals surface area contributed by atoms with Crippen LogP contribution < -0.4 is 10.1 Å². The molecule has 20 heavy (non-hydrogen) atoms. The number of phenolic OH excluding ortho intramolecular Hbond substituents is 1. The summed E-state index contributed by atoms with van der Waals surface area (Å²) < 4.78 is 7.10. The van der Waals surface area contributed by atoms with E-state index in [-0.39, 0.29) is 11.8 Å². The van der Waals surface area contributed by atoms with Crippen LogP contribution >= 0.6 is 0 Å². The van der Waals surface area contributed by atoms with Gasteiger partial charge in [0.2, 0.25) is 0 Å². The first-order chi connectivity index (χ1) is 9.70. The van der Waals surface area contributed by atoms with E-state index < -0.39 is 0 Å². The zero-order chi connectivity index (χ0) is 14.4. The Morgan fingerprint density at radius 1 is 1.45 bits per heavy atom. The van der Waals surface area contributed by atoms with Crippen LogP contribution in [0.5, 0.6) is 11.5 Å². The molecule has 1 aromatic carbocycles. The van der Waals surface area contributed by atoms with Crippen molar-refractivity contribution in [1.82, 2.24) is 15.1 Å². The second-order valence-corrected chi connectivity index (χ2v) is 4.72. The quantitative estimate of drug-likeness (QED) is 0.761. The Hall–Kier alpha value is -2.01. The van der Waals surface area contributed by atoms with Crippen LogP contribution in [0.1, 0.15) is 24.9 Å². The number of hydrogen-bond acceptors (Lipinski definition) is 4. The predicted molar refractivity (Wildman–Crippen MR) is 77.9 cm³/mol. The van der Waals surface area contributed by atoms with Gasteiger partial charge in [0, 0.05) is 30.5 Å². The van der Waals surface area contributed by atoms with E-state index in [4.69, 9.17) is 4.74 Å². The van der Waals surface area contributed by atoms with Crippen molar-refractivity contribution < 1.29 is 9.84 Å². The van der Waals surface area contributed by atoms with Gasteiger partial charge in [-0.15, -0.1) is 0 Å². The largest absolute Gasteiger partial charge is 0.508 e. The molecule has 5 nitrogen and oxygen atoms in total. The lowest BCUT2D eigenvalue weighted by Crippen LogP contribution is -2.21. The summed E-state index contributed by atoms with van der Waals surface area (Å²) in [5.74, 6) is 1.04. The van der Waals surface area contributed by atoms with E-state index in [1.807, 2.05) is 29.9 Å². The third kappa shape index (κ3) is 3.74. The minimum absolute atomic E-state index is 0.0720. The Balaban J connectivity index is 1.83. The fourth-order valence-electron chi connectivity index (χ4n) is 2.11. The molecular formula is C15H21N3O2. The van der Waals surface area contributed by atoms with Crippen LogP contribution in [0.2, 0.25) is 0 Å². The Bertz CT molecular complexity index is 526. The Kier molecular flexibility index (Phi) is 5.01. The smallest absolute Gasteiger partial charge is 0.120 e. The first-order valence-corrected chi connectivity index (χ1v) is 6.78. The van der Waals surface area contributed by atoms with E-state index in [0.717, 1.165) is 30.8 Å². The summed E-state index contributed by atoms with van der Waals surface area (Å²) >= 11 is 0. The fourth-order valence-corrected chi connectivity index (χ4v) is 2.11. The van der Waals surface area contributed by atoms with Gasteiger partial charge in [0.25, 0.3) is 0 Å². The molecule has 1 aromatic heterocycles. The van der Waals surface area contributed by atoms with E-state index in [9.17, 15) is 5.11 Å². The summed E-state index contributed by atoms with van der Waals surface area (Å²) in [6.07, 6.45) is 4.72. The van der Waals surface area contributed by atoms with E-state index in [1.165, 1.54) is 0 Å². The summed E-state index contributed by atoms with van der Waals surface area (Å²) in [6.45, 7) is 3.77. The number of aryl methyl sites for hydroxylation is 1. The molecule has 0 saturated carbocycles. The first kappa shape index (κ1) is 14.4. The lowest BCUT2D eigenvalue weighted by Gasteiger charge is -2.16. The molecule has 1 atom stereocenters. The number of nitrogens with one attached hydrogen (secondary N) is 1. The molecule has 0 fully saturated rings. The van der Waals surface area contributed by atoms with Crippen molar-refractivity contribution in [2.24, 2.45) is 0 Å². The van der Waals surface area contributed by atoms with Crippen molar-refractivity contribution in [3.63, 3.8) is 0 Å². The number of aromatic nitrogens is 2. The molecule has 0 spiro atoms. The van der Waals surface area contributed by atoms with Crippen molar-refractivity contribution in [1.29, 1.82) is 0 Å². The minimum atomic E-state index is 0.0720. The molecule has 2 N–H and O–H groups in total. The third-order valence-corrected chi connectivity index (χ3v) is 3.27. The van der Waals surface area contributed by atoms with Gasteiger partial charge in [0.1, 0.15) is 11.5 Å². The topological polar surface area (TPSA) is 59.3 Å². The molecule has 1 heterocycles. The molecule has 1 unspecified atom stereocenters. The maximum atomic E-state index is 9.90. The number of nitrogens with zero attached hydrogens (tertiary/aromatic N) is 2. The number of phenols is 1. The zero-order valence-electron chi connectivity index (χ0n) is 11.9. The van der Waals surface area contributed by atoms with Crippen LogP contribution in [0.4, 0.5) is 0 Å². The molecule has 0 aliphatic heterocycles. The highest BCUT2D eigenvalue weighted by molar-refractivity contribution is 5.41. The molecule has 0 radical (unpaired) electrons. The number of aromatic hydroxyl groups is 1. The number of ether oxygens (including phenoxy) is 1. The molecule has 5 heteroatoms. The Morgan fingerprint density at radius 3 is 3.00 bits per heavy atom. The number of rotatable bonds is 7. The van der Waals surface area contributed by atoms with Crippen LogP contribution in [-0.4, -0.2) is 28.5 Å². The third-order valence-electron chi connectivity index (χ3n) is 3.27. The van der Waals surface area contributed by atoms with Crippen LogP contribution in [0.3, 0.4) is 0 Å². The Labute approximate surface area is 119 Å². The summed E-state index contributed by atoms with van der Waals surface area (Å²) in [7, 11) is 1.62. The van der Waals surface area contributed by atoms with E-state index in [0.29, 0.717) is 0 Å². The Morgan fingerprint density at radius 2 is 2.30 bits per heavy atom. The van der Waals surface area contributed by atoms with Gasteiger partial charge < -0.3 is 15.2 Å². The maximum absolute atomic E-state index is 9.90. The first-order valence-electron chi connectivity index (χ1n) is 6.78. The molecular weight excluding hydrogens is 254 g/mol. The summed E-state index contributed by atoms with van der Waals surface area (Å²) in [6, 6.07) is 7.27. The molecule has 108 valence electrons. The van der Waals surface area contributed by atoms with Crippen molar-refractivity contribution in [3.05, 3.63) is 42.2 Å². The van der Waals surface area contributed by atoms with Gasteiger partial charge >= 0.3 is 0 Å². The lowest BCUT2D eigenvalue weighted by atomic mass is 10.1. The van der Waals surface area contributed by atoms with Crippen LogP contribution in [0.15, 0.2) is 36.7 Å². The van der Waals surface area contributed by atoms with E-state index in [1.54, 1.807) is 25.4 Å². The van der Waals surface area contributed by atoms with E-state index in [2.05, 4.69) is 10.4 Å². The predicted octanol–water partition coefficient (Wildman–Crippen LogP) is 2.34. The van der Waals surface area contributed by atoms with Gasteiger partial charge in [-0.2, -0.15) is 5.10 Å². The number of methoxy groups -OCH3 is 1. The molecule has 0 aliphatic carbocycles. The molecule has 0 aliphatic rings. The number of hydrogen-bond donors (Lipinski definition) is 2. The average molecular weight is 275 g/mol. The minimum Gasteiger partial charge on any atom is -0.508 e. The van der Waals surface area contributed by atoms with Crippen molar-refractivity contribution in [2.75, 3.05) is 13.7 Å². The average Bonchev–Trinajstić information content (AvgIpc) is 2.97. The summed E-state index contributed by atoms with van der Waals surface area (Å²) in [5, 5.41) is 17.5. The van der Waals surface area contributed by atoms with Gasteiger partial charge in [-0.25, -0.2) is 0 Å². The van der Waals surface area contributed by atoms with Crippen molar-refractivity contribution >= 4 is 0 Å². The zero-order valence-corrected chi connectivity index (χ0v) is 11.9. The molecule has 2 rings (SSSR count). The second kappa shape index (κ2) is 6.96. The second-order valence-electron chi connectivity index (χ2n) is 4.72. The standard InChI is InChI=1S/C15H21N3O2/c1-12(14-11-13(20-2)5-6-15(14)19)16-7-3-9-18-10-4-8-17-18/h4-6,8,10-12,16,19H,3,7,9H2,1-2H3. The van der Waals surface area contributed by atoms with Crippen LogP contribution in [0, 0.1) is 0 Å². The highest BCUT2D eigenvalue weighted by Gasteiger charge is 2.10. The SMILES string of the molecule is COc1ccc(O)c(C(C)NCCCn2cccn2)c1. The maximum Gasteiger partial charge on any atom is 0.120 e. The van der Waals surface area contributed by atoms with Gasteiger partial charge in [-0.05, 0) is 44.2 Å². The highest BCUT2D eigenvalue weighted by Crippen LogP contribution is 2.28. The van der Waals surface area contributed by atoms with E-state index >= 15 is 0 Å². The molecule has 2 aromatic rings. The lowest BCUT2D eigenvalue weighted by molar-refractivity contribution is 0.407. The van der Waals surface area contributed by atoms with Crippen LogP contribution in [0.25, 0.3) is 0 Å². The fraction of sp³-hybridized carbons (Fsp3) is 0.400. The van der Waals surface area contributed by atoms with Gasteiger partial charge in [-0.1, -0.05) is 0 Å². The normalized spacial score (nSPS) is 12.3. The molecule has 0 amide bonds. The van der Waals surface area contributed by atoms with Crippen molar-refractivity contribution in [2.45, 2.75) is 25.9 Å². The van der Waals surface area contributed by atoms with Gasteiger partial charge in [0.05, 0.1) is 7.11 Å². The van der Waals surface area contributed by atoms with Gasteiger partial charge in [0.15, 0.2) is 0 Å². The number of benzene rings is 1. The summed E-state index contributed by atoms with van der Waals surface area (Å²) in [5.41, 5.74) is 0.850. The molecule has 0 saturated heterocycles.